The molecule has 3 unspecified atom stereocenters. The predicted octanol–water partition coefficient (Wildman–Crippen LogP) is 3.85. The Hall–Kier alpha value is -1.69. The molecule has 0 spiro atoms. The van der Waals surface area contributed by atoms with Gasteiger partial charge < -0.3 is 0 Å². The van der Waals surface area contributed by atoms with Gasteiger partial charge in [0.25, 0.3) is 0 Å². The van der Waals surface area contributed by atoms with Gasteiger partial charge in [0.15, 0.2) is 5.78 Å². The number of benzene rings is 1. The predicted molar refractivity (Wildman–Crippen MR) is 71.5 cm³/mol. The average Bonchev–Trinajstić information content (AvgIpc) is 2.77. The molecule has 1 aliphatic carbocycles. The molecule has 0 amide bonds. The third-order valence-corrected chi connectivity index (χ3v) is 3.90. The second-order valence-corrected chi connectivity index (χ2v) is 5.42. The van der Waals surface area contributed by atoms with Gasteiger partial charge in [0, 0.05) is 12.0 Å². The van der Waals surface area contributed by atoms with E-state index in [1.807, 2.05) is 37.3 Å². The molecule has 3 heteroatoms. The van der Waals surface area contributed by atoms with Crippen molar-refractivity contribution in [3.63, 3.8) is 0 Å². The smallest absolute Gasteiger partial charge is 0.162 e. The molecule has 0 heterocycles. The van der Waals surface area contributed by atoms with Crippen molar-refractivity contribution < 1.29 is 9.18 Å². The van der Waals surface area contributed by atoms with Crippen LogP contribution in [0.5, 0.6) is 0 Å². The summed E-state index contributed by atoms with van der Waals surface area (Å²) in [5.74, 6) is -0.190. The maximum atomic E-state index is 13.4. The molecule has 0 saturated heterocycles. The molecule has 0 aliphatic heterocycles. The number of carbonyl (C=O) groups excluding carboxylic acids is 1. The van der Waals surface area contributed by atoms with Gasteiger partial charge in [-0.25, -0.2) is 4.39 Å². The highest BCUT2D eigenvalue weighted by atomic mass is 19.1. The normalized spacial score (nSPS) is 26.1. The molecule has 1 saturated carbocycles. The number of ketones is 1. The summed E-state index contributed by atoms with van der Waals surface area (Å²) in [7, 11) is 0. The Morgan fingerprint density at radius 1 is 1.37 bits per heavy atom. The van der Waals surface area contributed by atoms with Gasteiger partial charge >= 0.3 is 0 Å². The molecule has 1 aromatic rings. The van der Waals surface area contributed by atoms with E-state index < -0.39 is 12.1 Å². The van der Waals surface area contributed by atoms with Crippen LogP contribution in [-0.2, 0) is 0 Å². The molecule has 2 nitrogen and oxygen atoms in total. The zero-order valence-corrected chi connectivity index (χ0v) is 11.1. The molecule has 100 valence electrons. The van der Waals surface area contributed by atoms with Crippen molar-refractivity contribution in [3.8, 4) is 6.07 Å². The Morgan fingerprint density at radius 2 is 2.05 bits per heavy atom. The minimum atomic E-state index is -1.01. The van der Waals surface area contributed by atoms with E-state index in [-0.39, 0.29) is 11.7 Å². The van der Waals surface area contributed by atoms with Crippen LogP contribution < -0.4 is 0 Å². The number of halogens is 1. The van der Waals surface area contributed by atoms with E-state index in [1.54, 1.807) is 0 Å². The van der Waals surface area contributed by atoms with Crippen molar-refractivity contribution in [1.29, 1.82) is 5.26 Å². The minimum Gasteiger partial charge on any atom is -0.294 e. The number of nitrogens with zero attached hydrogens (tertiary/aromatic N) is 1. The first-order chi connectivity index (χ1) is 9.10. The zero-order valence-electron chi connectivity index (χ0n) is 11.1. The molecule has 2 rings (SSSR count). The van der Waals surface area contributed by atoms with Crippen LogP contribution in [0.3, 0.4) is 0 Å². The maximum absolute atomic E-state index is 13.4. The molecule has 0 bridgehead atoms. The van der Waals surface area contributed by atoms with Crippen molar-refractivity contribution in [2.24, 2.45) is 11.8 Å². The molecule has 1 aliphatic rings. The molecular weight excluding hydrogens is 241 g/mol. The van der Waals surface area contributed by atoms with E-state index in [0.29, 0.717) is 25.7 Å². The maximum Gasteiger partial charge on any atom is 0.162 e. The molecule has 0 aromatic heterocycles. The summed E-state index contributed by atoms with van der Waals surface area (Å²) in [5, 5.41) is 8.78. The highest BCUT2D eigenvalue weighted by Gasteiger charge is 2.34. The van der Waals surface area contributed by atoms with Gasteiger partial charge in [-0.1, -0.05) is 29.8 Å². The lowest BCUT2D eigenvalue weighted by molar-refractivity contribution is 0.0973. The van der Waals surface area contributed by atoms with Crippen LogP contribution in [0, 0.1) is 30.1 Å². The van der Waals surface area contributed by atoms with Gasteiger partial charge in [-0.3, -0.25) is 4.79 Å². The number of alkyl halides is 1. The van der Waals surface area contributed by atoms with Gasteiger partial charge in [0.2, 0.25) is 0 Å². The lowest BCUT2D eigenvalue weighted by atomic mass is 9.96. The fraction of sp³-hybridized carbons (Fsp3) is 0.500. The highest BCUT2D eigenvalue weighted by molar-refractivity contribution is 5.96. The summed E-state index contributed by atoms with van der Waals surface area (Å²) in [6, 6.07) is 9.53. The van der Waals surface area contributed by atoms with Crippen molar-refractivity contribution in [2.75, 3.05) is 0 Å². The van der Waals surface area contributed by atoms with Crippen molar-refractivity contribution in [2.45, 2.75) is 38.8 Å². The lowest BCUT2D eigenvalue weighted by Gasteiger charge is -2.07. The van der Waals surface area contributed by atoms with E-state index >= 15 is 0 Å². The third-order valence-electron chi connectivity index (χ3n) is 3.90. The first-order valence-corrected chi connectivity index (χ1v) is 6.73. The van der Waals surface area contributed by atoms with E-state index in [2.05, 4.69) is 0 Å². The van der Waals surface area contributed by atoms with Gasteiger partial charge in [-0.2, -0.15) is 5.26 Å². The molecule has 0 radical (unpaired) electrons. The van der Waals surface area contributed by atoms with E-state index in [9.17, 15) is 9.18 Å². The second-order valence-electron chi connectivity index (χ2n) is 5.42. The monoisotopic (exact) mass is 259 g/mol. The van der Waals surface area contributed by atoms with Crippen LogP contribution >= 0.6 is 0 Å². The topological polar surface area (TPSA) is 40.9 Å². The van der Waals surface area contributed by atoms with Crippen LogP contribution in [0.4, 0.5) is 4.39 Å². The lowest BCUT2D eigenvalue weighted by Crippen LogP contribution is -2.04. The molecule has 19 heavy (non-hydrogen) atoms. The Morgan fingerprint density at radius 3 is 2.63 bits per heavy atom. The first-order valence-electron chi connectivity index (χ1n) is 6.73. The van der Waals surface area contributed by atoms with Crippen LogP contribution in [0.15, 0.2) is 24.3 Å². The zero-order chi connectivity index (χ0) is 13.8. The number of carbonyl (C=O) groups is 1. The van der Waals surface area contributed by atoms with Crippen LogP contribution in [0.25, 0.3) is 0 Å². The Kier molecular flexibility index (Phi) is 4.31. The number of nitriles is 1. The summed E-state index contributed by atoms with van der Waals surface area (Å²) < 4.78 is 13.4. The number of aryl methyl sites for hydroxylation is 1. The van der Waals surface area contributed by atoms with Crippen molar-refractivity contribution in [1.82, 2.24) is 0 Å². The molecule has 3 atom stereocenters. The fourth-order valence-corrected chi connectivity index (χ4v) is 2.67. The number of Topliss-reactive ketones (excluding diaryl/α,β-unsaturated/α-hetero) is 1. The van der Waals surface area contributed by atoms with Crippen LogP contribution in [0.2, 0.25) is 0 Å². The highest BCUT2D eigenvalue weighted by Crippen LogP contribution is 2.36. The van der Waals surface area contributed by atoms with E-state index in [1.165, 1.54) is 0 Å². The standard InChI is InChI=1S/C16H18FNO/c1-11-2-5-13(6-3-11)16(19)7-4-12-8-14(10-18)15(17)9-12/h2-3,5-6,12,14-15H,4,7-9H2,1H3. The Labute approximate surface area is 113 Å². The largest absolute Gasteiger partial charge is 0.294 e. The fourth-order valence-electron chi connectivity index (χ4n) is 2.67. The molecule has 0 N–H and O–H groups in total. The summed E-state index contributed by atoms with van der Waals surface area (Å²) in [4.78, 5) is 12.0. The summed E-state index contributed by atoms with van der Waals surface area (Å²) in [6.07, 6.45) is 1.15. The van der Waals surface area contributed by atoms with Crippen LogP contribution in [-0.4, -0.2) is 12.0 Å². The average molecular weight is 259 g/mol. The molecule has 1 fully saturated rings. The first kappa shape index (κ1) is 13.7. The Balaban J connectivity index is 1.85. The molecular formula is C16H18FNO. The summed E-state index contributed by atoms with van der Waals surface area (Å²) in [6.45, 7) is 1.98. The van der Waals surface area contributed by atoms with Gasteiger partial charge in [0.1, 0.15) is 6.17 Å². The van der Waals surface area contributed by atoms with Crippen molar-refractivity contribution in [3.05, 3.63) is 35.4 Å². The van der Waals surface area contributed by atoms with Gasteiger partial charge in [-0.15, -0.1) is 0 Å². The molecule has 1 aromatic carbocycles. The van der Waals surface area contributed by atoms with Gasteiger partial charge in [-0.05, 0) is 32.1 Å². The second kappa shape index (κ2) is 5.97. The number of hydrogen-bond acceptors (Lipinski definition) is 2. The van der Waals surface area contributed by atoms with E-state index in [4.69, 9.17) is 5.26 Å². The SMILES string of the molecule is Cc1ccc(C(=O)CCC2CC(F)C(C#N)C2)cc1. The van der Waals surface area contributed by atoms with E-state index in [0.717, 1.165) is 11.1 Å². The minimum absolute atomic E-state index is 0.107. The number of rotatable bonds is 4. The summed E-state index contributed by atoms with van der Waals surface area (Å²) in [5.41, 5.74) is 1.85. The summed E-state index contributed by atoms with van der Waals surface area (Å²) >= 11 is 0. The van der Waals surface area contributed by atoms with Crippen molar-refractivity contribution >= 4 is 5.78 Å². The number of hydrogen-bond donors (Lipinski definition) is 0. The Bertz CT molecular complexity index is 488. The van der Waals surface area contributed by atoms with Gasteiger partial charge in [0.05, 0.1) is 12.0 Å². The third kappa shape index (κ3) is 3.41. The quantitative estimate of drug-likeness (QED) is 0.771. The van der Waals surface area contributed by atoms with Crippen LogP contribution in [0.1, 0.15) is 41.6 Å².